The van der Waals surface area contributed by atoms with Crippen LogP contribution in [0, 0.1) is 14.3 Å². The number of ether oxygens (including phenoxy) is 1. The van der Waals surface area contributed by atoms with Crippen LogP contribution < -0.4 is 43.2 Å². The van der Waals surface area contributed by atoms with Gasteiger partial charge >= 0.3 is 0 Å². The highest BCUT2D eigenvalue weighted by Crippen LogP contribution is 2.37. The standard InChI is InChI=1S/C33H35I4N7O5/c1-2-40-27(13-17-11-25(36)30(26(37)12-17)49-20-15-23(34)29(45)24(35)16-20)32(47)42-10-4-3-9-41-19-7-5-18-6-8-21(31(46)43-38)28(22(18)14-19)33(48)44-39/h5-8,11-12,14-16,27,40-41,45H,2-4,9-10,13,38-39H2,1H3,(H,42,47)(H,43,46)(H,44,48)/t27-/m0/s1. The van der Waals surface area contributed by atoms with Crippen molar-refractivity contribution in [1.82, 2.24) is 21.5 Å². The number of hydrogen-bond donors (Lipinski definition) is 8. The van der Waals surface area contributed by atoms with Crippen molar-refractivity contribution < 1.29 is 24.2 Å². The molecule has 12 nitrogen and oxygen atoms in total. The minimum absolute atomic E-state index is 0.0639. The molecule has 0 bridgehead atoms. The number of nitrogens with two attached hydrogens (primary N) is 2. The van der Waals surface area contributed by atoms with Gasteiger partial charge in [-0.1, -0.05) is 19.1 Å². The maximum absolute atomic E-state index is 13.2. The van der Waals surface area contributed by atoms with E-state index in [1.165, 1.54) is 6.07 Å². The van der Waals surface area contributed by atoms with Crippen LogP contribution in [0.2, 0.25) is 0 Å². The molecule has 10 N–H and O–H groups in total. The monoisotopic (exact) mass is 1120 g/mol. The number of rotatable bonds is 15. The molecule has 0 saturated carbocycles. The van der Waals surface area contributed by atoms with E-state index in [4.69, 9.17) is 16.4 Å². The number of hydrazine groups is 2. The molecule has 0 aliphatic rings. The summed E-state index contributed by atoms with van der Waals surface area (Å²) in [5.74, 6) is 11.1. The van der Waals surface area contributed by atoms with E-state index < -0.39 is 17.9 Å². The molecule has 1 atom stereocenters. The van der Waals surface area contributed by atoms with Crippen LogP contribution in [0.3, 0.4) is 0 Å². The number of carbonyl (C=O) groups excluding carboxylic acids is 3. The molecule has 0 aliphatic carbocycles. The maximum atomic E-state index is 13.2. The normalized spacial score (nSPS) is 11.6. The number of unbranched alkanes of at least 4 members (excludes halogenated alkanes) is 1. The van der Waals surface area contributed by atoms with E-state index in [0.29, 0.717) is 44.3 Å². The topological polar surface area (TPSA) is 193 Å². The lowest BCUT2D eigenvalue weighted by Crippen LogP contribution is -2.45. The van der Waals surface area contributed by atoms with Gasteiger partial charge in [-0.15, -0.1) is 0 Å². The van der Waals surface area contributed by atoms with Crippen LogP contribution in [0.4, 0.5) is 5.69 Å². The first-order valence-electron chi connectivity index (χ1n) is 15.1. The summed E-state index contributed by atoms with van der Waals surface area (Å²) in [6, 6.07) is 16.1. The van der Waals surface area contributed by atoms with Gasteiger partial charge in [0, 0.05) is 18.8 Å². The van der Waals surface area contributed by atoms with Crippen LogP contribution in [0.15, 0.2) is 54.6 Å². The summed E-state index contributed by atoms with van der Waals surface area (Å²) in [7, 11) is 0. The number of carbonyl (C=O) groups is 3. The zero-order chi connectivity index (χ0) is 35.7. The van der Waals surface area contributed by atoms with Crippen LogP contribution in [-0.2, 0) is 11.2 Å². The molecule has 4 aromatic rings. The molecule has 0 aliphatic heterocycles. The fourth-order valence-corrected chi connectivity index (χ4v) is 8.95. The smallest absolute Gasteiger partial charge is 0.266 e. The highest BCUT2D eigenvalue weighted by Gasteiger charge is 2.21. The number of likely N-dealkylation sites (N-methyl/N-ethyl adjacent to an activating group) is 1. The van der Waals surface area contributed by atoms with Crippen molar-refractivity contribution in [3.05, 3.63) is 85.6 Å². The Hall–Kier alpha value is -2.25. The van der Waals surface area contributed by atoms with Gasteiger partial charge in [0.2, 0.25) is 5.91 Å². The molecule has 0 unspecified atom stereocenters. The summed E-state index contributed by atoms with van der Waals surface area (Å²) in [5, 5.41) is 21.1. The molecule has 0 radical (unpaired) electrons. The van der Waals surface area contributed by atoms with Crippen molar-refractivity contribution >= 4 is 125 Å². The predicted molar refractivity (Wildman–Crippen MR) is 225 cm³/mol. The Morgan fingerprint density at radius 3 is 2.10 bits per heavy atom. The largest absolute Gasteiger partial charge is 0.506 e. The Morgan fingerprint density at radius 2 is 1.47 bits per heavy atom. The molecule has 4 aromatic carbocycles. The lowest BCUT2D eigenvalue weighted by Gasteiger charge is -2.19. The number of nitrogen functional groups attached to an aromatic ring is 2. The second kappa shape index (κ2) is 18.8. The van der Waals surface area contributed by atoms with E-state index in [1.807, 2.05) is 31.2 Å². The number of anilines is 1. The summed E-state index contributed by atoms with van der Waals surface area (Å²) in [6.45, 7) is 3.77. The van der Waals surface area contributed by atoms with Gasteiger partial charge in [0.25, 0.3) is 11.8 Å². The Labute approximate surface area is 338 Å². The lowest BCUT2D eigenvalue weighted by molar-refractivity contribution is -0.123. The van der Waals surface area contributed by atoms with E-state index in [-0.39, 0.29) is 22.8 Å². The number of phenolic OH excluding ortho intramolecular Hbond substituents is 1. The number of nitrogens with one attached hydrogen (secondary N) is 5. The summed E-state index contributed by atoms with van der Waals surface area (Å²) in [4.78, 5) is 38.0. The number of amides is 3. The van der Waals surface area contributed by atoms with Crippen LogP contribution in [-0.4, -0.2) is 48.5 Å². The van der Waals surface area contributed by atoms with Crippen molar-refractivity contribution in [2.75, 3.05) is 25.0 Å². The minimum Gasteiger partial charge on any atom is -0.506 e. The Kier molecular flexibility index (Phi) is 15.2. The summed E-state index contributed by atoms with van der Waals surface area (Å²) in [6.07, 6.45) is 2.06. The van der Waals surface area contributed by atoms with Gasteiger partial charge in [0.1, 0.15) is 11.5 Å². The van der Waals surface area contributed by atoms with Crippen LogP contribution >= 0.6 is 90.4 Å². The lowest BCUT2D eigenvalue weighted by atomic mass is 9.97. The zero-order valence-electron chi connectivity index (χ0n) is 26.3. The second-order valence-corrected chi connectivity index (χ2v) is 15.5. The van der Waals surface area contributed by atoms with Gasteiger partial charge in [-0.2, -0.15) is 0 Å². The SMILES string of the molecule is CCN[C@@H](Cc1cc(I)c(Oc2cc(I)c(O)c(I)c2)c(I)c1)C(=O)NCCCCNc1ccc2ccc(C(=O)NN)c(C(=O)NN)c2c1. The first kappa shape index (κ1) is 39.5. The van der Waals surface area contributed by atoms with Crippen molar-refractivity contribution in [1.29, 1.82) is 0 Å². The molecule has 0 heterocycles. The third-order valence-electron chi connectivity index (χ3n) is 7.46. The molecule has 49 heavy (non-hydrogen) atoms. The van der Waals surface area contributed by atoms with E-state index in [9.17, 15) is 19.5 Å². The first-order valence-corrected chi connectivity index (χ1v) is 19.5. The Balaban J connectivity index is 1.31. The van der Waals surface area contributed by atoms with Crippen molar-refractivity contribution in [2.24, 2.45) is 11.7 Å². The molecule has 3 amide bonds. The molecule has 0 spiro atoms. The maximum Gasteiger partial charge on any atom is 0.266 e. The molecule has 0 saturated heterocycles. The second-order valence-electron chi connectivity index (χ2n) is 10.8. The Morgan fingerprint density at radius 1 is 0.837 bits per heavy atom. The van der Waals surface area contributed by atoms with Crippen molar-refractivity contribution in [2.45, 2.75) is 32.2 Å². The number of halogens is 4. The van der Waals surface area contributed by atoms with Crippen LogP contribution in [0.25, 0.3) is 10.8 Å². The van der Waals surface area contributed by atoms with Gasteiger partial charge in [-0.05, 0) is 175 Å². The van der Waals surface area contributed by atoms with E-state index >= 15 is 0 Å². The number of benzene rings is 4. The molecule has 0 fully saturated rings. The highest BCUT2D eigenvalue weighted by atomic mass is 127. The highest BCUT2D eigenvalue weighted by molar-refractivity contribution is 14.1. The van der Waals surface area contributed by atoms with Crippen molar-refractivity contribution in [3.8, 4) is 17.2 Å². The molecule has 0 aromatic heterocycles. The van der Waals surface area contributed by atoms with E-state index in [1.54, 1.807) is 24.3 Å². The van der Waals surface area contributed by atoms with Crippen LogP contribution in [0.1, 0.15) is 46.0 Å². The fourth-order valence-electron chi connectivity index (χ4n) is 5.12. The Bertz CT molecular complexity index is 1810. The van der Waals surface area contributed by atoms with Gasteiger partial charge in [-0.3, -0.25) is 25.2 Å². The van der Waals surface area contributed by atoms with Gasteiger partial charge in [0.15, 0.2) is 5.75 Å². The third kappa shape index (κ3) is 10.4. The summed E-state index contributed by atoms with van der Waals surface area (Å²) < 4.78 is 9.48. The summed E-state index contributed by atoms with van der Waals surface area (Å²) >= 11 is 8.66. The molecule has 260 valence electrons. The first-order chi connectivity index (χ1) is 23.5. The van der Waals surface area contributed by atoms with Crippen molar-refractivity contribution in [3.63, 3.8) is 0 Å². The van der Waals surface area contributed by atoms with Gasteiger partial charge < -0.3 is 25.8 Å². The molecule has 16 heteroatoms. The number of fused-ring (bicyclic) bond motifs is 1. The van der Waals surface area contributed by atoms with E-state index in [2.05, 4.69) is 117 Å². The average molecular weight is 1120 g/mol. The molecular formula is C33H35I4N7O5. The fraction of sp³-hybridized carbons (Fsp3) is 0.242. The molecular weight excluding hydrogens is 1080 g/mol. The number of phenols is 1. The molecule has 4 rings (SSSR count). The van der Waals surface area contributed by atoms with Crippen LogP contribution in [0.5, 0.6) is 17.2 Å². The number of aromatic hydroxyl groups is 1. The average Bonchev–Trinajstić information content (AvgIpc) is 3.08. The third-order valence-corrected chi connectivity index (χ3v) is 10.7. The number of hydrogen-bond acceptors (Lipinski definition) is 9. The summed E-state index contributed by atoms with van der Waals surface area (Å²) in [5.41, 5.74) is 6.21. The predicted octanol–water partition coefficient (Wildman–Crippen LogP) is 5.49. The quantitative estimate of drug-likeness (QED) is 0.0250. The van der Waals surface area contributed by atoms with Gasteiger partial charge in [0.05, 0.1) is 31.4 Å². The van der Waals surface area contributed by atoms with Gasteiger partial charge in [-0.25, -0.2) is 11.7 Å². The van der Waals surface area contributed by atoms with E-state index in [0.717, 1.165) is 42.4 Å². The minimum atomic E-state index is -0.598. The zero-order valence-corrected chi connectivity index (χ0v) is 34.9.